The Morgan fingerprint density at radius 2 is 1.89 bits per heavy atom. The van der Waals surface area contributed by atoms with Crippen molar-refractivity contribution in [1.29, 1.82) is 0 Å². The van der Waals surface area contributed by atoms with Gasteiger partial charge in [-0.15, -0.1) is 0 Å². The van der Waals surface area contributed by atoms with Gasteiger partial charge in [0.05, 0.1) is 24.9 Å². The highest BCUT2D eigenvalue weighted by molar-refractivity contribution is 9.10. The maximum absolute atomic E-state index is 6.05. The number of ether oxygens (including phenoxy) is 2. The quantitative estimate of drug-likeness (QED) is 0.843. The fraction of sp³-hybridized carbons (Fsp3) is 0.154. The Labute approximate surface area is 124 Å². The summed E-state index contributed by atoms with van der Waals surface area (Å²) < 4.78 is 11.2. The fourth-order valence-electron chi connectivity index (χ4n) is 1.57. The van der Waals surface area contributed by atoms with E-state index in [1.807, 2.05) is 18.2 Å². The Hall–Kier alpha value is -1.46. The van der Waals surface area contributed by atoms with Crippen LogP contribution in [-0.4, -0.2) is 19.2 Å². The van der Waals surface area contributed by atoms with Crippen LogP contribution in [0, 0.1) is 0 Å². The molecule has 1 aromatic carbocycles. The number of benzene rings is 1. The predicted octanol–water partition coefficient (Wildman–Crippen LogP) is 4.26. The molecule has 0 fully saturated rings. The first kappa shape index (κ1) is 14.0. The van der Waals surface area contributed by atoms with Crippen molar-refractivity contribution in [1.82, 2.24) is 4.98 Å². The van der Waals surface area contributed by atoms with E-state index >= 15 is 0 Å². The van der Waals surface area contributed by atoms with Crippen LogP contribution in [0.25, 0.3) is 0 Å². The second-order valence-corrected chi connectivity index (χ2v) is 4.88. The molecule has 0 radical (unpaired) electrons. The number of hydrogen-bond donors (Lipinski definition) is 1. The SMILES string of the molecule is COc1cc(Nc2cccc(Br)n2)c(OC)cc1Cl. The summed E-state index contributed by atoms with van der Waals surface area (Å²) in [5.41, 5.74) is 0.731. The van der Waals surface area contributed by atoms with Gasteiger partial charge in [0.15, 0.2) is 0 Å². The molecule has 1 N–H and O–H groups in total. The molecule has 0 unspecified atom stereocenters. The fourth-order valence-corrected chi connectivity index (χ4v) is 2.15. The van der Waals surface area contributed by atoms with Crippen LogP contribution in [0.5, 0.6) is 11.5 Å². The lowest BCUT2D eigenvalue weighted by Gasteiger charge is -2.13. The summed E-state index contributed by atoms with van der Waals surface area (Å²) in [5, 5.41) is 3.65. The summed E-state index contributed by atoms with van der Waals surface area (Å²) in [6.07, 6.45) is 0. The van der Waals surface area contributed by atoms with E-state index in [2.05, 4.69) is 26.2 Å². The Morgan fingerprint density at radius 1 is 1.16 bits per heavy atom. The number of aromatic nitrogens is 1. The van der Waals surface area contributed by atoms with Gasteiger partial charge in [0.25, 0.3) is 0 Å². The average molecular weight is 344 g/mol. The third kappa shape index (κ3) is 3.30. The second-order valence-electron chi connectivity index (χ2n) is 3.66. The van der Waals surface area contributed by atoms with E-state index in [1.165, 1.54) is 0 Å². The van der Waals surface area contributed by atoms with Crippen LogP contribution in [0.1, 0.15) is 0 Å². The lowest BCUT2D eigenvalue weighted by Crippen LogP contribution is -1.98. The summed E-state index contributed by atoms with van der Waals surface area (Å²) in [7, 11) is 3.15. The Bertz CT molecular complexity index is 593. The van der Waals surface area contributed by atoms with Gasteiger partial charge >= 0.3 is 0 Å². The van der Waals surface area contributed by atoms with Crippen molar-refractivity contribution >= 4 is 39.0 Å². The molecule has 0 spiro atoms. The van der Waals surface area contributed by atoms with Gasteiger partial charge in [0, 0.05) is 12.1 Å². The lowest BCUT2D eigenvalue weighted by atomic mass is 10.2. The van der Waals surface area contributed by atoms with Gasteiger partial charge in [-0.3, -0.25) is 0 Å². The molecule has 2 aromatic rings. The number of nitrogens with zero attached hydrogens (tertiary/aromatic N) is 1. The molecule has 4 nitrogen and oxygen atoms in total. The standard InChI is InChI=1S/C13H12BrClN2O2/c1-18-10-7-9(11(19-2)6-8(10)15)16-13-5-3-4-12(14)17-13/h3-7H,1-2H3,(H,16,17). The molecule has 2 rings (SSSR count). The highest BCUT2D eigenvalue weighted by atomic mass is 79.9. The van der Waals surface area contributed by atoms with Crippen LogP contribution in [-0.2, 0) is 0 Å². The van der Waals surface area contributed by atoms with E-state index in [-0.39, 0.29) is 0 Å². The normalized spacial score (nSPS) is 10.1. The molecule has 0 atom stereocenters. The number of hydrogen-bond acceptors (Lipinski definition) is 4. The summed E-state index contributed by atoms with van der Waals surface area (Å²) in [4.78, 5) is 4.30. The number of halogens is 2. The maximum atomic E-state index is 6.05. The van der Waals surface area contributed by atoms with Crippen LogP contribution in [0.4, 0.5) is 11.5 Å². The lowest BCUT2D eigenvalue weighted by molar-refractivity contribution is 0.405. The number of rotatable bonds is 4. The molecule has 0 aliphatic rings. The third-order valence-electron chi connectivity index (χ3n) is 2.45. The zero-order chi connectivity index (χ0) is 13.8. The van der Waals surface area contributed by atoms with Gasteiger partial charge in [-0.1, -0.05) is 17.7 Å². The van der Waals surface area contributed by atoms with E-state index in [1.54, 1.807) is 26.4 Å². The summed E-state index contributed by atoms with van der Waals surface area (Å²) in [6.45, 7) is 0. The van der Waals surface area contributed by atoms with Crippen molar-refractivity contribution in [3.63, 3.8) is 0 Å². The van der Waals surface area contributed by atoms with Crippen LogP contribution < -0.4 is 14.8 Å². The largest absolute Gasteiger partial charge is 0.495 e. The maximum Gasteiger partial charge on any atom is 0.144 e. The van der Waals surface area contributed by atoms with Gasteiger partial charge in [0.2, 0.25) is 0 Å². The molecule has 19 heavy (non-hydrogen) atoms. The van der Waals surface area contributed by atoms with Gasteiger partial charge in [0.1, 0.15) is 21.9 Å². The monoisotopic (exact) mass is 342 g/mol. The third-order valence-corrected chi connectivity index (χ3v) is 3.19. The molecule has 0 aliphatic carbocycles. The first-order valence-electron chi connectivity index (χ1n) is 5.45. The Balaban J connectivity index is 2.38. The minimum absolute atomic E-state index is 0.493. The van der Waals surface area contributed by atoms with Crippen molar-refractivity contribution in [3.05, 3.63) is 40.0 Å². The zero-order valence-corrected chi connectivity index (χ0v) is 12.7. The van der Waals surface area contributed by atoms with E-state index in [0.717, 1.165) is 10.3 Å². The second kappa shape index (κ2) is 6.12. The number of methoxy groups -OCH3 is 2. The molecule has 1 heterocycles. The Kier molecular flexibility index (Phi) is 4.50. The van der Waals surface area contributed by atoms with E-state index in [9.17, 15) is 0 Å². The molecule has 0 amide bonds. The van der Waals surface area contributed by atoms with E-state index in [4.69, 9.17) is 21.1 Å². The van der Waals surface area contributed by atoms with Gasteiger partial charge in [-0.2, -0.15) is 0 Å². The molecule has 0 saturated carbocycles. The highest BCUT2D eigenvalue weighted by Gasteiger charge is 2.10. The molecular formula is C13H12BrClN2O2. The van der Waals surface area contributed by atoms with Gasteiger partial charge < -0.3 is 14.8 Å². The highest BCUT2D eigenvalue weighted by Crippen LogP contribution is 2.37. The smallest absolute Gasteiger partial charge is 0.144 e. The van der Waals surface area contributed by atoms with Crippen molar-refractivity contribution < 1.29 is 9.47 Å². The van der Waals surface area contributed by atoms with E-state index in [0.29, 0.717) is 22.3 Å². The topological polar surface area (TPSA) is 43.4 Å². The molecule has 0 aliphatic heterocycles. The van der Waals surface area contributed by atoms with Crippen LogP contribution in [0.2, 0.25) is 5.02 Å². The molecule has 0 bridgehead atoms. The first-order valence-corrected chi connectivity index (χ1v) is 6.62. The number of anilines is 2. The Morgan fingerprint density at radius 3 is 2.53 bits per heavy atom. The number of pyridine rings is 1. The molecule has 1 aromatic heterocycles. The summed E-state index contributed by atoms with van der Waals surface area (Å²) in [6, 6.07) is 9.06. The van der Waals surface area contributed by atoms with Crippen LogP contribution in [0.15, 0.2) is 34.9 Å². The van der Waals surface area contributed by atoms with Crippen molar-refractivity contribution in [2.75, 3.05) is 19.5 Å². The van der Waals surface area contributed by atoms with Crippen molar-refractivity contribution in [2.24, 2.45) is 0 Å². The van der Waals surface area contributed by atoms with Gasteiger partial charge in [-0.25, -0.2) is 4.98 Å². The van der Waals surface area contributed by atoms with Gasteiger partial charge in [-0.05, 0) is 28.1 Å². The molecule has 0 saturated heterocycles. The molecular weight excluding hydrogens is 332 g/mol. The summed E-state index contributed by atoms with van der Waals surface area (Å²) in [5.74, 6) is 1.88. The molecule has 100 valence electrons. The first-order chi connectivity index (χ1) is 9.13. The average Bonchev–Trinajstić information content (AvgIpc) is 2.40. The number of nitrogens with one attached hydrogen (secondary N) is 1. The molecule has 6 heteroatoms. The van der Waals surface area contributed by atoms with E-state index < -0.39 is 0 Å². The minimum Gasteiger partial charge on any atom is -0.495 e. The summed E-state index contributed by atoms with van der Waals surface area (Å²) >= 11 is 9.38. The minimum atomic E-state index is 0.493. The van der Waals surface area contributed by atoms with Crippen molar-refractivity contribution in [3.8, 4) is 11.5 Å². The van der Waals surface area contributed by atoms with Crippen LogP contribution >= 0.6 is 27.5 Å². The predicted molar refractivity (Wildman–Crippen MR) is 79.8 cm³/mol. The zero-order valence-electron chi connectivity index (χ0n) is 10.4. The van der Waals surface area contributed by atoms with Crippen molar-refractivity contribution in [2.45, 2.75) is 0 Å². The van der Waals surface area contributed by atoms with Crippen LogP contribution in [0.3, 0.4) is 0 Å².